The molecule has 0 saturated heterocycles. The summed E-state index contributed by atoms with van der Waals surface area (Å²) in [7, 11) is 1.10. The number of carbonyl (C=O) groups is 3. The van der Waals surface area contributed by atoms with Gasteiger partial charge in [-0.05, 0) is 17.0 Å². The van der Waals surface area contributed by atoms with Crippen molar-refractivity contribution in [3.63, 3.8) is 0 Å². The SMILES string of the molecule is COC(=O)Cn1c(=O)c(C(=O)COC(=O)COc2cccc3ccccc23)c(N)n(Cc2ccccc2)c1=O. The van der Waals surface area contributed by atoms with Crippen LogP contribution in [0.3, 0.4) is 0 Å². The zero-order valence-corrected chi connectivity index (χ0v) is 21.0. The number of ketones is 1. The number of methoxy groups -OCH3 is 1. The number of ether oxygens (including phenoxy) is 3. The van der Waals surface area contributed by atoms with Gasteiger partial charge in [0, 0.05) is 5.39 Å². The third kappa shape index (κ3) is 6.04. The smallest absolute Gasteiger partial charge is 0.344 e. The Morgan fingerprint density at radius 2 is 1.51 bits per heavy atom. The van der Waals surface area contributed by atoms with E-state index >= 15 is 0 Å². The Kier molecular flexibility index (Phi) is 8.20. The highest BCUT2D eigenvalue weighted by atomic mass is 16.6. The lowest BCUT2D eigenvalue weighted by atomic mass is 10.1. The number of carbonyl (C=O) groups excluding carboxylic acids is 3. The average Bonchev–Trinajstić information content (AvgIpc) is 2.95. The number of fused-ring (bicyclic) bond motifs is 1. The molecule has 0 radical (unpaired) electrons. The second-order valence-electron chi connectivity index (χ2n) is 8.43. The van der Waals surface area contributed by atoms with Gasteiger partial charge in [0.1, 0.15) is 23.7 Å². The van der Waals surface area contributed by atoms with Gasteiger partial charge in [0.15, 0.2) is 13.2 Å². The lowest BCUT2D eigenvalue weighted by Crippen LogP contribution is -2.46. The van der Waals surface area contributed by atoms with Crippen LogP contribution >= 0.6 is 0 Å². The van der Waals surface area contributed by atoms with Crippen molar-refractivity contribution >= 4 is 34.3 Å². The van der Waals surface area contributed by atoms with Crippen LogP contribution < -0.4 is 21.7 Å². The van der Waals surface area contributed by atoms with Crippen molar-refractivity contribution in [1.29, 1.82) is 0 Å². The molecular weight excluding hydrogens is 506 g/mol. The Bertz CT molecular complexity index is 1650. The number of aromatic nitrogens is 2. The van der Waals surface area contributed by atoms with Gasteiger partial charge in [-0.1, -0.05) is 66.7 Å². The fourth-order valence-electron chi connectivity index (χ4n) is 3.95. The third-order valence-electron chi connectivity index (χ3n) is 5.90. The summed E-state index contributed by atoms with van der Waals surface area (Å²) in [6, 6.07) is 21.5. The molecule has 39 heavy (non-hydrogen) atoms. The van der Waals surface area contributed by atoms with Crippen molar-refractivity contribution in [2.75, 3.05) is 26.1 Å². The van der Waals surface area contributed by atoms with E-state index in [0.717, 1.165) is 22.4 Å². The Labute approximate surface area is 221 Å². The molecule has 4 rings (SSSR count). The molecule has 0 aliphatic carbocycles. The maximum absolute atomic E-state index is 13.1. The molecule has 0 saturated carbocycles. The predicted octanol–water partition coefficient (Wildman–Crippen LogP) is 1.77. The molecule has 3 aromatic carbocycles. The van der Waals surface area contributed by atoms with Gasteiger partial charge in [0.2, 0.25) is 5.78 Å². The largest absolute Gasteiger partial charge is 0.481 e. The molecule has 0 aliphatic rings. The molecule has 1 heterocycles. The van der Waals surface area contributed by atoms with Crippen molar-refractivity contribution in [3.8, 4) is 5.75 Å². The summed E-state index contributed by atoms with van der Waals surface area (Å²) in [6.45, 7) is -2.14. The minimum atomic E-state index is -1.10. The minimum absolute atomic E-state index is 0.0775. The number of anilines is 1. The summed E-state index contributed by atoms with van der Waals surface area (Å²) < 4.78 is 16.7. The maximum atomic E-state index is 13.1. The Balaban J connectivity index is 1.55. The summed E-state index contributed by atoms with van der Waals surface area (Å²) in [6.07, 6.45) is 0. The van der Waals surface area contributed by atoms with Gasteiger partial charge in [-0.15, -0.1) is 0 Å². The van der Waals surface area contributed by atoms with Crippen LogP contribution in [0.1, 0.15) is 15.9 Å². The average molecular weight is 532 g/mol. The van der Waals surface area contributed by atoms with Crippen LogP contribution in [-0.4, -0.2) is 47.2 Å². The summed E-state index contributed by atoms with van der Waals surface area (Å²) in [5.41, 5.74) is 4.18. The number of Topliss-reactive ketones (excluding diaryl/α,β-unsaturated/α-hetero) is 1. The van der Waals surface area contributed by atoms with E-state index in [1.54, 1.807) is 42.5 Å². The zero-order valence-electron chi connectivity index (χ0n) is 21.0. The fourth-order valence-corrected chi connectivity index (χ4v) is 3.95. The van der Waals surface area contributed by atoms with Gasteiger partial charge in [-0.25, -0.2) is 14.2 Å². The molecule has 0 aliphatic heterocycles. The van der Waals surface area contributed by atoms with E-state index in [4.69, 9.17) is 15.2 Å². The number of nitrogens with two attached hydrogens (primary N) is 1. The van der Waals surface area contributed by atoms with Gasteiger partial charge < -0.3 is 19.9 Å². The molecule has 0 bridgehead atoms. The van der Waals surface area contributed by atoms with Gasteiger partial charge in [0.25, 0.3) is 5.56 Å². The molecule has 1 aromatic heterocycles. The second-order valence-corrected chi connectivity index (χ2v) is 8.43. The molecule has 4 aromatic rings. The third-order valence-corrected chi connectivity index (χ3v) is 5.90. The molecule has 0 fully saturated rings. The second kappa shape index (κ2) is 11.9. The number of hydrogen-bond acceptors (Lipinski definition) is 9. The first-order valence-electron chi connectivity index (χ1n) is 11.8. The Morgan fingerprint density at radius 3 is 2.26 bits per heavy atom. The Morgan fingerprint density at radius 1 is 0.821 bits per heavy atom. The van der Waals surface area contributed by atoms with Crippen LogP contribution in [0.2, 0.25) is 0 Å². The number of benzene rings is 3. The molecule has 0 spiro atoms. The molecular formula is C28H25N3O8. The van der Waals surface area contributed by atoms with E-state index in [0.29, 0.717) is 15.9 Å². The van der Waals surface area contributed by atoms with Gasteiger partial charge in [-0.3, -0.25) is 19.0 Å². The number of nitrogens with zero attached hydrogens (tertiary/aromatic N) is 2. The maximum Gasteiger partial charge on any atom is 0.344 e. The van der Waals surface area contributed by atoms with E-state index in [-0.39, 0.29) is 6.54 Å². The number of nitrogen functional groups attached to an aromatic ring is 1. The molecule has 2 N–H and O–H groups in total. The standard InChI is InChI=1S/C28H25N3O8/c1-37-23(33)15-31-27(35)25(26(29)30(28(31)36)14-18-8-3-2-4-9-18)21(32)16-39-24(34)17-38-22-13-7-11-19-10-5-6-12-20(19)22/h2-13H,14-17,29H2,1H3. The summed E-state index contributed by atoms with van der Waals surface area (Å²) in [5.74, 6) is -2.64. The van der Waals surface area contributed by atoms with Crippen LogP contribution in [0.4, 0.5) is 5.82 Å². The zero-order chi connectivity index (χ0) is 27.9. The first-order chi connectivity index (χ1) is 18.8. The van der Waals surface area contributed by atoms with Crippen molar-refractivity contribution in [2.45, 2.75) is 13.1 Å². The predicted molar refractivity (Wildman–Crippen MR) is 142 cm³/mol. The normalized spacial score (nSPS) is 10.7. The highest BCUT2D eigenvalue weighted by Crippen LogP contribution is 2.25. The number of hydrogen-bond donors (Lipinski definition) is 1. The van der Waals surface area contributed by atoms with Crippen LogP contribution in [0.25, 0.3) is 10.8 Å². The van der Waals surface area contributed by atoms with E-state index in [2.05, 4.69) is 4.74 Å². The van der Waals surface area contributed by atoms with Crippen LogP contribution in [0, 0.1) is 0 Å². The topological polar surface area (TPSA) is 149 Å². The van der Waals surface area contributed by atoms with Gasteiger partial charge >= 0.3 is 17.6 Å². The van der Waals surface area contributed by atoms with E-state index in [1.807, 2.05) is 30.3 Å². The van der Waals surface area contributed by atoms with Crippen molar-refractivity contribution in [2.24, 2.45) is 0 Å². The lowest BCUT2D eigenvalue weighted by Gasteiger charge is -2.16. The van der Waals surface area contributed by atoms with Crippen LogP contribution in [0.5, 0.6) is 5.75 Å². The summed E-state index contributed by atoms with van der Waals surface area (Å²) >= 11 is 0. The summed E-state index contributed by atoms with van der Waals surface area (Å²) in [5, 5.41) is 1.71. The Hall–Kier alpha value is -5.19. The van der Waals surface area contributed by atoms with Gasteiger partial charge in [0.05, 0.1) is 13.7 Å². The van der Waals surface area contributed by atoms with Gasteiger partial charge in [-0.2, -0.15) is 0 Å². The molecule has 11 heteroatoms. The summed E-state index contributed by atoms with van der Waals surface area (Å²) in [4.78, 5) is 63.3. The van der Waals surface area contributed by atoms with Crippen molar-refractivity contribution in [1.82, 2.24) is 9.13 Å². The quantitative estimate of drug-likeness (QED) is 0.239. The van der Waals surface area contributed by atoms with Crippen molar-refractivity contribution in [3.05, 3.63) is 105 Å². The first kappa shape index (κ1) is 26.9. The van der Waals surface area contributed by atoms with Crippen LogP contribution in [0.15, 0.2) is 82.4 Å². The van der Waals surface area contributed by atoms with E-state index in [9.17, 15) is 24.0 Å². The molecule has 0 unspecified atom stereocenters. The number of rotatable bonds is 10. The molecule has 11 nitrogen and oxygen atoms in total. The number of esters is 2. The molecule has 200 valence electrons. The molecule has 0 amide bonds. The first-order valence-corrected chi connectivity index (χ1v) is 11.8. The minimum Gasteiger partial charge on any atom is -0.481 e. The fraction of sp³-hybridized carbons (Fsp3) is 0.179. The van der Waals surface area contributed by atoms with Crippen LogP contribution in [-0.2, 0) is 32.2 Å². The monoisotopic (exact) mass is 531 g/mol. The van der Waals surface area contributed by atoms with E-state index < -0.39 is 60.1 Å². The highest BCUT2D eigenvalue weighted by Gasteiger charge is 2.25. The van der Waals surface area contributed by atoms with Crippen molar-refractivity contribution < 1.29 is 28.6 Å². The lowest BCUT2D eigenvalue weighted by molar-refractivity contribution is -0.144. The molecule has 0 atom stereocenters. The highest BCUT2D eigenvalue weighted by molar-refractivity contribution is 6.01. The van der Waals surface area contributed by atoms with E-state index in [1.165, 1.54) is 0 Å².